The van der Waals surface area contributed by atoms with E-state index >= 15 is 0 Å². The van der Waals surface area contributed by atoms with Crippen molar-refractivity contribution in [3.63, 3.8) is 0 Å². The molecule has 1 saturated carbocycles. The van der Waals surface area contributed by atoms with Gasteiger partial charge < -0.3 is 26.0 Å². The number of rotatable bonds is 6. The molecule has 0 radical (unpaired) electrons. The predicted octanol–water partition coefficient (Wildman–Crippen LogP) is 2.48. The molecule has 3 heterocycles. The lowest BCUT2D eigenvalue weighted by molar-refractivity contribution is 0.282. The third kappa shape index (κ3) is 4.48. The molecular weight excluding hydrogens is 340 g/mol. The van der Waals surface area contributed by atoms with Crippen molar-refractivity contribution in [1.29, 1.82) is 0 Å². The highest BCUT2D eigenvalue weighted by Gasteiger charge is 2.16. The Morgan fingerprint density at radius 2 is 1.85 bits per heavy atom. The van der Waals surface area contributed by atoms with E-state index in [9.17, 15) is 5.11 Å². The first-order valence-corrected chi connectivity index (χ1v) is 9.87. The second-order valence-corrected chi connectivity index (χ2v) is 7.27. The van der Waals surface area contributed by atoms with Crippen LogP contribution in [0.4, 0.5) is 23.0 Å². The minimum atomic E-state index is -0.0139. The molecule has 1 saturated heterocycles. The maximum atomic E-state index is 9.61. The molecule has 144 valence electrons. The molecule has 2 fully saturated rings. The van der Waals surface area contributed by atoms with Gasteiger partial charge in [-0.2, -0.15) is 0 Å². The van der Waals surface area contributed by atoms with Crippen molar-refractivity contribution in [2.24, 2.45) is 0 Å². The van der Waals surface area contributed by atoms with E-state index in [1.165, 1.54) is 25.7 Å². The van der Waals surface area contributed by atoms with Gasteiger partial charge in [-0.25, -0.2) is 9.97 Å². The van der Waals surface area contributed by atoms with Gasteiger partial charge in [-0.05, 0) is 25.0 Å². The van der Waals surface area contributed by atoms with E-state index < -0.39 is 0 Å². The van der Waals surface area contributed by atoms with E-state index in [1.54, 1.807) is 6.20 Å². The van der Waals surface area contributed by atoms with Crippen molar-refractivity contribution in [2.45, 2.75) is 38.3 Å². The summed E-state index contributed by atoms with van der Waals surface area (Å²) in [5.74, 6) is 1.50. The molecule has 0 amide bonds. The molecule has 27 heavy (non-hydrogen) atoms. The van der Waals surface area contributed by atoms with Gasteiger partial charge in [0, 0.05) is 55.7 Å². The SMILES string of the molecule is OCc1cnc(Nc2ccc(N3CCNCC3)cn2)cc1NC1CCCC1. The first-order valence-electron chi connectivity index (χ1n) is 9.87. The molecule has 7 heteroatoms. The molecule has 0 spiro atoms. The van der Waals surface area contributed by atoms with Gasteiger partial charge >= 0.3 is 0 Å². The number of aromatic nitrogens is 2. The Kier molecular flexibility index (Phi) is 5.69. The van der Waals surface area contributed by atoms with Crippen LogP contribution in [0.15, 0.2) is 30.6 Å². The monoisotopic (exact) mass is 368 g/mol. The fourth-order valence-electron chi connectivity index (χ4n) is 3.80. The lowest BCUT2D eigenvalue weighted by Gasteiger charge is -2.29. The molecule has 1 aliphatic heterocycles. The van der Waals surface area contributed by atoms with Crippen LogP contribution in [-0.4, -0.2) is 47.3 Å². The highest BCUT2D eigenvalue weighted by atomic mass is 16.3. The highest BCUT2D eigenvalue weighted by molar-refractivity contribution is 5.62. The summed E-state index contributed by atoms with van der Waals surface area (Å²) in [7, 11) is 0. The van der Waals surface area contributed by atoms with Gasteiger partial charge in [0.2, 0.25) is 0 Å². The van der Waals surface area contributed by atoms with Crippen molar-refractivity contribution in [2.75, 3.05) is 41.7 Å². The summed E-state index contributed by atoms with van der Waals surface area (Å²) < 4.78 is 0. The number of aliphatic hydroxyl groups excluding tert-OH is 1. The summed E-state index contributed by atoms with van der Waals surface area (Å²) >= 11 is 0. The molecule has 0 aromatic carbocycles. The van der Waals surface area contributed by atoms with Crippen LogP contribution in [0, 0.1) is 0 Å². The molecule has 2 aromatic rings. The topological polar surface area (TPSA) is 85.3 Å². The standard InChI is InChI=1S/C20H28N6O/c27-14-15-12-22-20(11-18(15)24-16-3-1-2-4-16)25-19-6-5-17(13-23-19)26-9-7-21-8-10-26/h5-6,11-13,16,21,27H,1-4,7-10,14H2,(H2,22,23,24,25). The number of aliphatic hydroxyl groups is 1. The third-order valence-electron chi connectivity index (χ3n) is 5.36. The van der Waals surface area contributed by atoms with Crippen LogP contribution in [0.2, 0.25) is 0 Å². The lowest BCUT2D eigenvalue weighted by Crippen LogP contribution is -2.43. The zero-order valence-corrected chi connectivity index (χ0v) is 15.6. The molecule has 0 atom stereocenters. The number of anilines is 4. The summed E-state index contributed by atoms with van der Waals surface area (Å²) in [6, 6.07) is 6.54. The lowest BCUT2D eigenvalue weighted by atomic mass is 10.2. The quantitative estimate of drug-likeness (QED) is 0.623. The van der Waals surface area contributed by atoms with Crippen LogP contribution >= 0.6 is 0 Å². The van der Waals surface area contributed by atoms with Gasteiger partial charge in [0.1, 0.15) is 11.6 Å². The second-order valence-electron chi connectivity index (χ2n) is 7.27. The van der Waals surface area contributed by atoms with Gasteiger partial charge in [-0.15, -0.1) is 0 Å². The van der Waals surface area contributed by atoms with Crippen LogP contribution in [-0.2, 0) is 6.61 Å². The van der Waals surface area contributed by atoms with Gasteiger partial charge in [-0.1, -0.05) is 12.8 Å². The van der Waals surface area contributed by atoms with Crippen LogP contribution in [0.3, 0.4) is 0 Å². The van der Waals surface area contributed by atoms with Crippen molar-refractivity contribution in [3.8, 4) is 0 Å². The van der Waals surface area contributed by atoms with E-state index in [1.807, 2.05) is 18.3 Å². The average molecular weight is 368 g/mol. The van der Waals surface area contributed by atoms with Crippen molar-refractivity contribution >= 4 is 23.0 Å². The molecule has 2 aromatic heterocycles. The first-order chi connectivity index (χ1) is 13.3. The van der Waals surface area contributed by atoms with Crippen molar-refractivity contribution in [1.82, 2.24) is 15.3 Å². The molecule has 4 N–H and O–H groups in total. The van der Waals surface area contributed by atoms with Crippen LogP contribution < -0.4 is 20.9 Å². The van der Waals surface area contributed by atoms with Crippen molar-refractivity contribution in [3.05, 3.63) is 36.2 Å². The van der Waals surface area contributed by atoms with E-state index in [0.29, 0.717) is 6.04 Å². The maximum Gasteiger partial charge on any atom is 0.133 e. The number of nitrogens with one attached hydrogen (secondary N) is 3. The van der Waals surface area contributed by atoms with Crippen LogP contribution in [0.25, 0.3) is 0 Å². The van der Waals surface area contributed by atoms with E-state index in [0.717, 1.165) is 54.8 Å². The van der Waals surface area contributed by atoms with E-state index in [4.69, 9.17) is 0 Å². The van der Waals surface area contributed by atoms with Crippen LogP contribution in [0.5, 0.6) is 0 Å². The fourth-order valence-corrected chi connectivity index (χ4v) is 3.80. The second kappa shape index (κ2) is 8.54. The number of nitrogens with zero attached hydrogens (tertiary/aromatic N) is 3. The zero-order chi connectivity index (χ0) is 18.5. The van der Waals surface area contributed by atoms with Crippen LogP contribution in [0.1, 0.15) is 31.2 Å². The van der Waals surface area contributed by atoms with E-state index in [-0.39, 0.29) is 6.61 Å². The number of pyridine rings is 2. The number of piperazine rings is 1. The Hall–Kier alpha value is -2.38. The number of hydrogen-bond donors (Lipinski definition) is 4. The molecule has 0 bridgehead atoms. The summed E-state index contributed by atoms with van der Waals surface area (Å²) in [6.45, 7) is 4.03. The average Bonchev–Trinajstić information content (AvgIpc) is 3.23. The number of hydrogen-bond acceptors (Lipinski definition) is 7. The maximum absolute atomic E-state index is 9.61. The minimum Gasteiger partial charge on any atom is -0.392 e. The molecule has 4 rings (SSSR count). The van der Waals surface area contributed by atoms with Crippen molar-refractivity contribution < 1.29 is 5.11 Å². The molecule has 7 nitrogen and oxygen atoms in total. The van der Waals surface area contributed by atoms with Gasteiger partial charge in [-0.3, -0.25) is 0 Å². The molecule has 2 aliphatic rings. The molecule has 0 unspecified atom stereocenters. The Balaban J connectivity index is 1.45. The summed E-state index contributed by atoms with van der Waals surface area (Å²) in [4.78, 5) is 11.3. The smallest absolute Gasteiger partial charge is 0.133 e. The normalized spacial score (nSPS) is 17.9. The third-order valence-corrected chi connectivity index (χ3v) is 5.36. The van der Waals surface area contributed by atoms with Gasteiger partial charge in [0.05, 0.1) is 18.5 Å². The Bertz CT molecular complexity index is 739. The Labute approximate surface area is 160 Å². The zero-order valence-electron chi connectivity index (χ0n) is 15.6. The summed E-state index contributed by atoms with van der Waals surface area (Å²) in [5.41, 5.74) is 2.93. The van der Waals surface area contributed by atoms with Gasteiger partial charge in [0.15, 0.2) is 0 Å². The van der Waals surface area contributed by atoms with E-state index in [2.05, 4.69) is 36.9 Å². The highest BCUT2D eigenvalue weighted by Crippen LogP contribution is 2.27. The molecular formula is C20H28N6O. The Morgan fingerprint density at radius 3 is 2.56 bits per heavy atom. The first kappa shape index (κ1) is 18.0. The van der Waals surface area contributed by atoms with Gasteiger partial charge in [0.25, 0.3) is 0 Å². The predicted molar refractivity (Wildman–Crippen MR) is 109 cm³/mol. The summed E-state index contributed by atoms with van der Waals surface area (Å²) in [6.07, 6.45) is 8.55. The molecule has 1 aliphatic carbocycles. The minimum absolute atomic E-state index is 0.0139. The Morgan fingerprint density at radius 1 is 1.07 bits per heavy atom. The fraction of sp³-hybridized carbons (Fsp3) is 0.500. The summed E-state index contributed by atoms with van der Waals surface area (Å²) in [5, 5.41) is 19.8. The largest absolute Gasteiger partial charge is 0.392 e.